The van der Waals surface area contributed by atoms with Crippen LogP contribution in [0.3, 0.4) is 0 Å². The van der Waals surface area contributed by atoms with Gasteiger partial charge in [0.25, 0.3) is 5.91 Å². The standard InChI is InChI=1S/C18H20ClFN2OS/c1-18(2)16(10-5-7-22(18)8-6-10)21-17(23)13-9-11-3-4-12(19)14(20)15(11)24-13/h3-4,9-10,16H,5-8H2,1-2H3,(H,21,23)/t16-/m0/s1. The van der Waals surface area contributed by atoms with Crippen LogP contribution in [0.1, 0.15) is 36.4 Å². The molecule has 0 radical (unpaired) electrons. The summed E-state index contributed by atoms with van der Waals surface area (Å²) < 4.78 is 14.6. The quantitative estimate of drug-likeness (QED) is 0.859. The molecule has 24 heavy (non-hydrogen) atoms. The summed E-state index contributed by atoms with van der Waals surface area (Å²) in [6.45, 7) is 6.62. The number of fused-ring (bicyclic) bond motifs is 4. The van der Waals surface area contributed by atoms with Crippen LogP contribution in [0.4, 0.5) is 4.39 Å². The van der Waals surface area contributed by atoms with E-state index in [0.29, 0.717) is 15.5 Å². The molecule has 3 saturated heterocycles. The largest absolute Gasteiger partial charge is 0.346 e. The first-order valence-electron chi connectivity index (χ1n) is 8.31. The third kappa shape index (κ3) is 2.45. The Morgan fingerprint density at radius 1 is 1.38 bits per heavy atom. The van der Waals surface area contributed by atoms with E-state index < -0.39 is 5.82 Å². The lowest BCUT2D eigenvalue weighted by atomic mass is 9.72. The van der Waals surface area contributed by atoms with E-state index in [1.807, 2.05) is 0 Å². The lowest BCUT2D eigenvalue weighted by Gasteiger charge is -2.56. The molecule has 0 aliphatic carbocycles. The van der Waals surface area contributed by atoms with Crippen LogP contribution in [0.15, 0.2) is 18.2 Å². The van der Waals surface area contributed by atoms with Crippen molar-refractivity contribution in [2.75, 3.05) is 13.1 Å². The monoisotopic (exact) mass is 366 g/mol. The number of halogens is 2. The molecule has 128 valence electrons. The van der Waals surface area contributed by atoms with E-state index in [0.717, 1.165) is 31.3 Å². The molecule has 2 aromatic rings. The highest BCUT2D eigenvalue weighted by Gasteiger charge is 2.48. The number of thiophene rings is 1. The van der Waals surface area contributed by atoms with Crippen molar-refractivity contribution < 1.29 is 9.18 Å². The fourth-order valence-electron chi connectivity index (χ4n) is 4.25. The van der Waals surface area contributed by atoms with Gasteiger partial charge in [0.05, 0.1) is 14.6 Å². The minimum atomic E-state index is -0.443. The van der Waals surface area contributed by atoms with Crippen LogP contribution in [-0.4, -0.2) is 35.5 Å². The predicted molar refractivity (Wildman–Crippen MR) is 96.4 cm³/mol. The molecular weight excluding hydrogens is 347 g/mol. The summed E-state index contributed by atoms with van der Waals surface area (Å²) in [5, 5.41) is 4.04. The molecule has 1 amide bonds. The van der Waals surface area contributed by atoms with Crippen molar-refractivity contribution in [1.29, 1.82) is 0 Å². The van der Waals surface area contributed by atoms with E-state index in [-0.39, 0.29) is 22.5 Å². The molecule has 4 heterocycles. The Balaban J connectivity index is 1.61. The lowest BCUT2D eigenvalue weighted by Crippen LogP contribution is -2.69. The summed E-state index contributed by atoms with van der Waals surface area (Å²) in [5.41, 5.74) is -0.0396. The highest BCUT2D eigenvalue weighted by atomic mass is 35.5. The van der Waals surface area contributed by atoms with Gasteiger partial charge in [0, 0.05) is 11.6 Å². The zero-order valence-corrected chi connectivity index (χ0v) is 15.3. The number of rotatable bonds is 2. The van der Waals surface area contributed by atoms with Gasteiger partial charge in [-0.25, -0.2) is 4.39 Å². The topological polar surface area (TPSA) is 32.3 Å². The normalized spacial score (nSPS) is 28.2. The number of nitrogens with zero attached hydrogens (tertiary/aromatic N) is 1. The third-order valence-corrected chi connectivity index (χ3v) is 7.11. The van der Waals surface area contributed by atoms with Gasteiger partial charge in [-0.05, 0) is 63.2 Å². The number of hydrogen-bond donors (Lipinski definition) is 1. The van der Waals surface area contributed by atoms with Crippen LogP contribution >= 0.6 is 22.9 Å². The van der Waals surface area contributed by atoms with Gasteiger partial charge in [-0.15, -0.1) is 11.3 Å². The van der Waals surface area contributed by atoms with Crippen LogP contribution in [0.25, 0.3) is 10.1 Å². The van der Waals surface area contributed by atoms with Gasteiger partial charge in [-0.1, -0.05) is 17.7 Å². The van der Waals surface area contributed by atoms with Crippen LogP contribution in [0.2, 0.25) is 5.02 Å². The highest BCUT2D eigenvalue weighted by Crippen LogP contribution is 2.39. The molecule has 1 atom stereocenters. The number of amides is 1. The molecular formula is C18H20ClFN2OS. The molecule has 2 bridgehead atoms. The number of nitrogens with one attached hydrogen (secondary N) is 1. The summed E-state index contributed by atoms with van der Waals surface area (Å²) in [6.07, 6.45) is 2.26. The SMILES string of the molecule is CC1(C)[C@@H](NC(=O)c2cc3ccc(Cl)c(F)c3s2)C2CCN1CC2. The number of carbonyl (C=O) groups is 1. The van der Waals surface area contributed by atoms with Gasteiger partial charge in [0.15, 0.2) is 5.82 Å². The molecule has 0 spiro atoms. The van der Waals surface area contributed by atoms with Crippen LogP contribution in [0, 0.1) is 11.7 Å². The van der Waals surface area contributed by atoms with Crippen molar-refractivity contribution >= 4 is 38.9 Å². The van der Waals surface area contributed by atoms with Crippen molar-refractivity contribution in [2.45, 2.75) is 38.3 Å². The second-order valence-electron chi connectivity index (χ2n) is 7.32. The van der Waals surface area contributed by atoms with E-state index >= 15 is 0 Å². The zero-order chi connectivity index (χ0) is 17.1. The summed E-state index contributed by atoms with van der Waals surface area (Å²) in [5.74, 6) is -0.0329. The van der Waals surface area contributed by atoms with Gasteiger partial charge in [-0.3, -0.25) is 9.69 Å². The molecule has 6 heteroatoms. The predicted octanol–water partition coefficient (Wildman–Crippen LogP) is 4.30. The molecule has 5 rings (SSSR count). The maximum absolute atomic E-state index is 14.1. The first kappa shape index (κ1) is 16.3. The lowest BCUT2D eigenvalue weighted by molar-refractivity contribution is -0.0377. The van der Waals surface area contributed by atoms with E-state index in [2.05, 4.69) is 24.1 Å². The van der Waals surface area contributed by atoms with Crippen molar-refractivity contribution in [3.63, 3.8) is 0 Å². The number of benzene rings is 1. The highest BCUT2D eigenvalue weighted by molar-refractivity contribution is 7.20. The Bertz CT molecular complexity index is 811. The Morgan fingerprint density at radius 3 is 2.75 bits per heavy atom. The Morgan fingerprint density at radius 2 is 2.08 bits per heavy atom. The Hall–Kier alpha value is -1.17. The molecule has 1 aromatic heterocycles. The van der Waals surface area contributed by atoms with Gasteiger partial charge >= 0.3 is 0 Å². The minimum Gasteiger partial charge on any atom is -0.346 e. The molecule has 3 aliphatic heterocycles. The Labute approximate surface area is 149 Å². The average Bonchev–Trinajstić information content (AvgIpc) is 3.00. The van der Waals surface area contributed by atoms with Crippen LogP contribution in [-0.2, 0) is 0 Å². The Kier molecular flexibility index (Phi) is 3.86. The summed E-state index contributed by atoms with van der Waals surface area (Å²) >= 11 is 7.01. The summed E-state index contributed by atoms with van der Waals surface area (Å²) in [4.78, 5) is 15.8. The van der Waals surface area contributed by atoms with E-state index in [1.54, 1.807) is 12.1 Å². The number of piperidine rings is 3. The van der Waals surface area contributed by atoms with Gasteiger partial charge in [0.1, 0.15) is 0 Å². The van der Waals surface area contributed by atoms with Crippen LogP contribution in [0.5, 0.6) is 0 Å². The first-order valence-corrected chi connectivity index (χ1v) is 9.51. The van der Waals surface area contributed by atoms with Crippen molar-refractivity contribution in [2.24, 2.45) is 5.92 Å². The van der Waals surface area contributed by atoms with E-state index in [1.165, 1.54) is 17.4 Å². The second kappa shape index (κ2) is 5.68. The van der Waals surface area contributed by atoms with Gasteiger partial charge in [0.2, 0.25) is 0 Å². The van der Waals surface area contributed by atoms with E-state index in [9.17, 15) is 9.18 Å². The second-order valence-corrected chi connectivity index (χ2v) is 8.78. The molecule has 1 N–H and O–H groups in total. The first-order chi connectivity index (χ1) is 11.4. The number of hydrogen-bond acceptors (Lipinski definition) is 3. The van der Waals surface area contributed by atoms with Crippen molar-refractivity contribution in [1.82, 2.24) is 10.2 Å². The van der Waals surface area contributed by atoms with E-state index in [4.69, 9.17) is 11.6 Å². The van der Waals surface area contributed by atoms with Crippen molar-refractivity contribution in [3.8, 4) is 0 Å². The molecule has 1 aromatic carbocycles. The summed E-state index contributed by atoms with van der Waals surface area (Å²) in [7, 11) is 0. The minimum absolute atomic E-state index is 0.0396. The molecule has 3 nitrogen and oxygen atoms in total. The maximum atomic E-state index is 14.1. The molecule has 3 aliphatic rings. The maximum Gasteiger partial charge on any atom is 0.261 e. The van der Waals surface area contributed by atoms with Crippen molar-refractivity contribution in [3.05, 3.63) is 33.9 Å². The smallest absolute Gasteiger partial charge is 0.261 e. The van der Waals surface area contributed by atoms with Gasteiger partial charge in [-0.2, -0.15) is 0 Å². The number of carbonyl (C=O) groups excluding carboxylic acids is 1. The fraction of sp³-hybridized carbons (Fsp3) is 0.500. The third-order valence-electron chi connectivity index (χ3n) is 5.68. The molecule has 0 saturated carbocycles. The van der Waals surface area contributed by atoms with Crippen LogP contribution < -0.4 is 5.32 Å². The average molecular weight is 367 g/mol. The molecule has 0 unspecified atom stereocenters. The summed E-state index contributed by atoms with van der Waals surface area (Å²) in [6, 6.07) is 5.17. The fourth-order valence-corrected chi connectivity index (χ4v) is 5.46. The van der Waals surface area contributed by atoms with Gasteiger partial charge < -0.3 is 5.32 Å². The molecule has 3 fully saturated rings. The zero-order valence-electron chi connectivity index (χ0n) is 13.7.